The van der Waals surface area contributed by atoms with E-state index < -0.39 is 57.9 Å². The molecule has 1 heterocycles. The van der Waals surface area contributed by atoms with E-state index in [-0.39, 0.29) is 95.5 Å². The van der Waals surface area contributed by atoms with Crippen LogP contribution in [0.1, 0.15) is 210 Å². The molecule has 1 aliphatic rings. The van der Waals surface area contributed by atoms with Gasteiger partial charge >= 0.3 is 23.1 Å². The van der Waals surface area contributed by atoms with Crippen molar-refractivity contribution in [3.8, 4) is 24.5 Å². The Labute approximate surface area is 598 Å². The number of hydrogen-bond donors (Lipinski definition) is 4. The number of ether oxygens (including phenoxy) is 1. The normalized spacial score (nSPS) is 14.2. The fourth-order valence-corrected chi connectivity index (χ4v) is 10.3. The van der Waals surface area contributed by atoms with Crippen molar-refractivity contribution in [2.75, 3.05) is 39.6 Å². The zero-order valence-corrected chi connectivity index (χ0v) is 68.8. The maximum absolute atomic E-state index is 12.6. The number of nitriles is 2. The second-order valence-corrected chi connectivity index (χ2v) is 49.0. The zero-order valence-electron chi connectivity index (χ0n) is 60.3. The van der Waals surface area contributed by atoms with Crippen LogP contribution < -0.4 is 32.6 Å². The fourth-order valence-electron chi connectivity index (χ4n) is 5.65. The summed E-state index contributed by atoms with van der Waals surface area (Å²) in [6, 6.07) is 28.8. The van der Waals surface area contributed by atoms with Crippen molar-refractivity contribution in [3.63, 3.8) is 0 Å². The van der Waals surface area contributed by atoms with Crippen LogP contribution in [-0.4, -0.2) is 132 Å². The molecule has 0 saturated carbocycles. The standard InChI is InChI=1S/C20H34N2O2SSi.C13H29NO2SSi.C10H12N2O.C9H20O2Si.C8H5.C4H11NOS.C4H8O.CH4.BrH.Mg/c1-19(2,3)25(23)22-18(17-11-9-10-16(14-17)15-21)12-13-24-26(7,8)20(4,5)6;1-12(2,3)17(15)14-10-9-11-16-18(7,8)13(4,5)6;11-7-8-2-1-3-9(6-8)10(12)4-5-13;1-9(2,3)12(4,5)11-8-6-7-10;1-2-8-6-4-3-5-7-8;1-4(2,3)7(5)6;1-2-4-5-3-1;;;/h9-11,14,18,22H,12-13H2,1-8H3;10H,9,11H2,1-8H3;1-3,6,10,13H,4-5,12H2;7H,6,8H2,1-5H3;1,3-4,6-7H;5H2,1-3H3;1-4H2;1H4;1H;/q;;;;-1;;;;;+2/p-1/t18-,25-;17-;10-;;;7-;;;;/m000..0..../s1. The Morgan fingerprint density at radius 3 is 1.42 bits per heavy atom. The number of rotatable bonds is 19. The SMILES string of the molecule is C.C#Cc1c[c-]ccc1.C1CCOC1.CC(C)(C)[S@@](N)=O.CC(C)(C)[S@](=O)N=CCCO[Si](C)(C)C(C)(C)C.CC(C)(C)[S@](=O)N[C@@H](CCO[Si](C)(C)C(C)(C)C)c1cccc(C#N)c1.CC(C)(C)[Si](C)(C)OCCC=O.N#Cc1cccc([C@@H](N)CCO)c1.[Br-].[Mg+2]. The Morgan fingerprint density at radius 2 is 1.10 bits per heavy atom. The van der Waals surface area contributed by atoms with Crippen molar-refractivity contribution in [2.45, 2.75) is 251 Å². The molecule has 522 valence electrons. The Morgan fingerprint density at radius 1 is 0.685 bits per heavy atom. The van der Waals surface area contributed by atoms with Crippen molar-refractivity contribution in [1.29, 1.82) is 10.5 Å². The van der Waals surface area contributed by atoms with Crippen LogP contribution in [0, 0.1) is 41.1 Å². The predicted molar refractivity (Wildman–Crippen MR) is 398 cm³/mol. The van der Waals surface area contributed by atoms with E-state index in [2.05, 4.69) is 129 Å². The number of terminal acetylenes is 1. The van der Waals surface area contributed by atoms with Gasteiger partial charge in [-0.2, -0.15) is 45.3 Å². The van der Waals surface area contributed by atoms with E-state index in [0.717, 1.165) is 42.6 Å². The van der Waals surface area contributed by atoms with Crippen molar-refractivity contribution in [3.05, 3.63) is 107 Å². The van der Waals surface area contributed by atoms with E-state index in [1.165, 1.54) is 12.8 Å². The predicted octanol–water partition coefficient (Wildman–Crippen LogP) is 12.5. The third-order valence-electron chi connectivity index (χ3n) is 14.8. The summed E-state index contributed by atoms with van der Waals surface area (Å²) in [5, 5.41) is 32.2. The molecule has 0 spiro atoms. The Bertz CT molecular complexity index is 2690. The molecule has 0 bridgehead atoms. The first-order valence-electron chi connectivity index (χ1n) is 30.6. The molecule has 0 unspecified atom stereocenters. The van der Waals surface area contributed by atoms with Gasteiger partial charge in [-0.05, 0) is 178 Å². The Kier molecular flexibility index (Phi) is 53.7. The molecule has 3 aromatic carbocycles. The molecule has 1 fully saturated rings. The van der Waals surface area contributed by atoms with Gasteiger partial charge in [0.15, 0.2) is 25.0 Å². The second-order valence-electron chi connectivity index (χ2n) is 28.8. The number of aliphatic hydroxyl groups excluding tert-OH is 1. The Hall–Kier alpha value is -2.43. The largest absolute Gasteiger partial charge is 2.00 e. The molecule has 23 heteroatoms. The summed E-state index contributed by atoms with van der Waals surface area (Å²) in [5.41, 5.74) is 9.73. The van der Waals surface area contributed by atoms with Crippen molar-refractivity contribution >= 4 is 93.5 Å². The number of benzene rings is 3. The minimum Gasteiger partial charge on any atom is -1.00 e. The first-order chi connectivity index (χ1) is 40.6. The topological polar surface area (TPSA) is 249 Å². The zero-order chi connectivity index (χ0) is 69.7. The van der Waals surface area contributed by atoms with Gasteiger partial charge in [-0.15, -0.1) is 12.3 Å². The summed E-state index contributed by atoms with van der Waals surface area (Å²) in [5.74, 6) is 2.50. The molecule has 0 amide bonds. The molecule has 0 aromatic heterocycles. The number of aliphatic hydroxyl groups is 1. The summed E-state index contributed by atoms with van der Waals surface area (Å²) in [4.78, 5) is 10.1. The number of nitrogens with two attached hydrogens (primary N) is 2. The van der Waals surface area contributed by atoms with Crippen LogP contribution in [0.15, 0.2) is 77.2 Å². The maximum Gasteiger partial charge on any atom is 2.00 e. The van der Waals surface area contributed by atoms with Gasteiger partial charge in [0.1, 0.15) is 17.3 Å². The van der Waals surface area contributed by atoms with Gasteiger partial charge in [0.25, 0.3) is 0 Å². The minimum atomic E-state index is -1.82. The van der Waals surface area contributed by atoms with Crippen LogP contribution in [0.2, 0.25) is 54.4 Å². The van der Waals surface area contributed by atoms with Gasteiger partial charge in [-0.25, -0.2) is 17.3 Å². The fraction of sp³-hybridized carbons (Fsp3) is 0.652. The summed E-state index contributed by atoms with van der Waals surface area (Å²) >= 11 is 0. The van der Waals surface area contributed by atoms with E-state index in [1.54, 1.807) is 36.5 Å². The molecule has 1 aliphatic heterocycles. The number of nitrogens with zero attached hydrogens (tertiary/aromatic N) is 3. The minimum absolute atomic E-state index is 0. The average molecular weight is 1470 g/mol. The number of hydrogen-bond acceptors (Lipinski definition) is 12. The smallest absolute Gasteiger partial charge is 1.00 e. The van der Waals surface area contributed by atoms with E-state index in [9.17, 15) is 22.7 Å². The molecular formula is C69H123BrMgN6O9S3Si3. The molecule has 6 N–H and O–H groups in total. The number of nitrogens with one attached hydrogen (secondary N) is 1. The van der Waals surface area contributed by atoms with Crippen molar-refractivity contribution < 1.29 is 57.5 Å². The van der Waals surface area contributed by atoms with E-state index in [1.807, 2.05) is 111 Å². The van der Waals surface area contributed by atoms with Gasteiger partial charge < -0.3 is 50.6 Å². The van der Waals surface area contributed by atoms with Crippen LogP contribution in [0.25, 0.3) is 0 Å². The first kappa shape index (κ1) is 101. The van der Waals surface area contributed by atoms with Gasteiger partial charge in [-0.3, -0.25) is 5.14 Å². The van der Waals surface area contributed by atoms with Crippen LogP contribution in [0.3, 0.4) is 0 Å². The van der Waals surface area contributed by atoms with E-state index in [4.69, 9.17) is 45.7 Å². The van der Waals surface area contributed by atoms with Crippen LogP contribution in [-0.2, 0) is 55.8 Å². The van der Waals surface area contributed by atoms with Crippen LogP contribution in [0.4, 0.5) is 0 Å². The summed E-state index contributed by atoms with van der Waals surface area (Å²) in [6.45, 7) is 54.3. The maximum atomic E-state index is 12.6. The molecule has 1 saturated heterocycles. The second kappa shape index (κ2) is 49.1. The quantitative estimate of drug-likeness (QED) is 0.0218. The Balaban J connectivity index is -0.000000247. The van der Waals surface area contributed by atoms with Crippen LogP contribution in [0.5, 0.6) is 0 Å². The third kappa shape index (κ3) is 46.7. The van der Waals surface area contributed by atoms with Crippen molar-refractivity contribution in [1.82, 2.24) is 4.72 Å². The molecule has 92 heavy (non-hydrogen) atoms. The molecule has 0 aliphatic carbocycles. The first-order valence-corrected chi connectivity index (χ1v) is 42.8. The van der Waals surface area contributed by atoms with Gasteiger partial charge in [-0.1, -0.05) is 99.6 Å². The molecular weight excluding hydrogens is 1340 g/mol. The van der Waals surface area contributed by atoms with E-state index >= 15 is 0 Å². The molecule has 15 nitrogen and oxygen atoms in total. The number of carbonyl (C=O) groups is 1. The van der Waals surface area contributed by atoms with E-state index in [0.29, 0.717) is 50.2 Å². The monoisotopic (exact) mass is 1460 g/mol. The number of carbonyl (C=O) groups excluding carboxylic acids is 1. The van der Waals surface area contributed by atoms with Crippen LogP contribution >= 0.6 is 0 Å². The van der Waals surface area contributed by atoms with Gasteiger partial charge in [0.05, 0.1) is 59.5 Å². The summed E-state index contributed by atoms with van der Waals surface area (Å²) < 4.78 is 64.1. The molecule has 3 aromatic rings. The molecule has 0 radical (unpaired) electrons. The third-order valence-corrected chi connectivity index (χ3v) is 32.6. The van der Waals surface area contributed by atoms with Gasteiger partial charge in [0, 0.05) is 70.8 Å². The molecule has 4 rings (SSSR count). The van der Waals surface area contributed by atoms with Crippen molar-refractivity contribution in [2.24, 2.45) is 15.3 Å². The average Bonchev–Trinajstić information content (AvgIpc) is 0.906. The summed E-state index contributed by atoms with van der Waals surface area (Å²) in [6.07, 6.45) is 12.8. The molecule has 5 atom stereocenters. The summed E-state index contributed by atoms with van der Waals surface area (Å²) in [7, 11) is -8.61. The van der Waals surface area contributed by atoms with Gasteiger partial charge in [0.2, 0.25) is 0 Å². The number of aldehydes is 1. The number of halogens is 1.